The fourth-order valence-electron chi connectivity index (χ4n) is 2.77. The molecular formula is C21H14N4O4. The van der Waals surface area contributed by atoms with E-state index in [0.29, 0.717) is 22.6 Å². The second kappa shape index (κ2) is 7.73. The van der Waals surface area contributed by atoms with Gasteiger partial charge < -0.3 is 9.84 Å². The van der Waals surface area contributed by atoms with Crippen molar-refractivity contribution in [2.45, 2.75) is 0 Å². The summed E-state index contributed by atoms with van der Waals surface area (Å²) in [6.07, 6.45) is 0. The molecular weight excluding hydrogens is 372 g/mol. The molecule has 0 unspecified atom stereocenters. The first-order valence-electron chi connectivity index (χ1n) is 8.66. The lowest BCUT2D eigenvalue weighted by atomic mass is 10.1. The van der Waals surface area contributed by atoms with Crippen molar-refractivity contribution in [3.8, 4) is 22.8 Å². The summed E-state index contributed by atoms with van der Waals surface area (Å²) in [5.41, 5.74) is 2.01. The molecule has 0 saturated heterocycles. The molecule has 0 aliphatic carbocycles. The number of amides is 1. The van der Waals surface area contributed by atoms with Gasteiger partial charge in [0.15, 0.2) is 0 Å². The van der Waals surface area contributed by atoms with Crippen LogP contribution in [0.5, 0.6) is 0 Å². The normalized spacial score (nSPS) is 10.5. The number of rotatable bonds is 5. The van der Waals surface area contributed by atoms with Crippen LogP contribution in [0.15, 0.2) is 83.4 Å². The number of non-ortho nitro benzene ring substituents is 1. The third kappa shape index (κ3) is 3.86. The van der Waals surface area contributed by atoms with Gasteiger partial charge in [0.2, 0.25) is 5.82 Å². The number of carbonyl (C=O) groups is 1. The highest BCUT2D eigenvalue weighted by Gasteiger charge is 2.18. The Bertz CT molecular complexity index is 1170. The van der Waals surface area contributed by atoms with E-state index in [1.165, 1.54) is 24.3 Å². The Morgan fingerprint density at radius 3 is 2.34 bits per heavy atom. The zero-order chi connectivity index (χ0) is 20.2. The Labute approximate surface area is 165 Å². The summed E-state index contributed by atoms with van der Waals surface area (Å²) in [7, 11) is 0. The number of anilines is 1. The van der Waals surface area contributed by atoms with Crippen molar-refractivity contribution in [1.29, 1.82) is 0 Å². The molecule has 4 rings (SSSR count). The molecule has 142 valence electrons. The standard InChI is InChI=1S/C21H14N4O4/c26-20(22-15-10-12-16(13-11-15)25(27)28)17-8-4-5-9-18(17)21-23-19(24-29-21)14-6-2-1-3-7-14/h1-13H,(H,22,26). The molecule has 4 aromatic rings. The van der Waals surface area contributed by atoms with Gasteiger partial charge in [-0.05, 0) is 24.3 Å². The minimum absolute atomic E-state index is 0.0531. The Kier molecular flexibility index (Phi) is 4.81. The maximum Gasteiger partial charge on any atom is 0.269 e. The summed E-state index contributed by atoms with van der Waals surface area (Å²) in [6.45, 7) is 0. The van der Waals surface area contributed by atoms with Gasteiger partial charge in [0.05, 0.1) is 16.1 Å². The number of nitro benzene ring substituents is 1. The van der Waals surface area contributed by atoms with E-state index in [1.54, 1.807) is 24.3 Å². The van der Waals surface area contributed by atoms with E-state index in [4.69, 9.17) is 4.52 Å². The number of nitrogens with zero attached hydrogens (tertiary/aromatic N) is 3. The topological polar surface area (TPSA) is 111 Å². The van der Waals surface area contributed by atoms with Gasteiger partial charge in [0.25, 0.3) is 17.5 Å². The lowest BCUT2D eigenvalue weighted by Gasteiger charge is -2.07. The molecule has 1 heterocycles. The Morgan fingerprint density at radius 1 is 0.931 bits per heavy atom. The summed E-state index contributed by atoms with van der Waals surface area (Å²) >= 11 is 0. The number of carbonyl (C=O) groups excluding carboxylic acids is 1. The molecule has 1 N–H and O–H groups in total. The Balaban J connectivity index is 1.61. The minimum Gasteiger partial charge on any atom is -0.334 e. The summed E-state index contributed by atoms with van der Waals surface area (Å²) in [5, 5.41) is 17.5. The van der Waals surface area contributed by atoms with Crippen LogP contribution in [-0.2, 0) is 0 Å². The highest BCUT2D eigenvalue weighted by molar-refractivity contribution is 6.08. The first kappa shape index (κ1) is 18.1. The molecule has 8 nitrogen and oxygen atoms in total. The highest BCUT2D eigenvalue weighted by Crippen LogP contribution is 2.26. The predicted octanol–water partition coefficient (Wildman–Crippen LogP) is 4.56. The van der Waals surface area contributed by atoms with E-state index in [0.717, 1.165) is 5.56 Å². The quantitative estimate of drug-likeness (QED) is 0.397. The van der Waals surface area contributed by atoms with E-state index < -0.39 is 10.8 Å². The maximum absolute atomic E-state index is 12.8. The first-order chi connectivity index (χ1) is 14.1. The summed E-state index contributed by atoms with van der Waals surface area (Å²) in [6, 6.07) is 21.8. The molecule has 0 aliphatic rings. The first-order valence-corrected chi connectivity index (χ1v) is 8.66. The smallest absolute Gasteiger partial charge is 0.269 e. The number of aromatic nitrogens is 2. The van der Waals surface area contributed by atoms with Crippen LogP contribution in [0.2, 0.25) is 0 Å². The molecule has 0 aliphatic heterocycles. The molecule has 0 spiro atoms. The van der Waals surface area contributed by atoms with Crippen molar-refractivity contribution in [2.75, 3.05) is 5.32 Å². The van der Waals surface area contributed by atoms with Crippen LogP contribution >= 0.6 is 0 Å². The summed E-state index contributed by atoms with van der Waals surface area (Å²) < 4.78 is 5.37. The van der Waals surface area contributed by atoms with Gasteiger partial charge in [-0.15, -0.1) is 0 Å². The van der Waals surface area contributed by atoms with Crippen LogP contribution in [0.1, 0.15) is 10.4 Å². The number of benzene rings is 3. The zero-order valence-corrected chi connectivity index (χ0v) is 15.0. The third-order valence-corrected chi connectivity index (χ3v) is 4.20. The average molecular weight is 386 g/mol. The minimum atomic E-state index is -0.499. The van der Waals surface area contributed by atoms with Crippen LogP contribution in [0.4, 0.5) is 11.4 Å². The van der Waals surface area contributed by atoms with E-state index in [-0.39, 0.29) is 11.6 Å². The molecule has 0 saturated carbocycles. The number of nitro groups is 1. The number of hydrogen-bond donors (Lipinski definition) is 1. The van der Waals surface area contributed by atoms with Gasteiger partial charge in [0.1, 0.15) is 0 Å². The van der Waals surface area contributed by atoms with E-state index in [2.05, 4.69) is 15.5 Å². The molecule has 0 atom stereocenters. The van der Waals surface area contributed by atoms with Crippen LogP contribution in [-0.4, -0.2) is 21.0 Å². The molecule has 3 aromatic carbocycles. The molecule has 0 radical (unpaired) electrons. The van der Waals surface area contributed by atoms with Crippen molar-refractivity contribution in [1.82, 2.24) is 10.1 Å². The molecule has 0 fully saturated rings. The van der Waals surface area contributed by atoms with Crippen LogP contribution in [0.3, 0.4) is 0 Å². The van der Waals surface area contributed by atoms with Gasteiger partial charge >= 0.3 is 0 Å². The van der Waals surface area contributed by atoms with E-state index in [1.807, 2.05) is 30.3 Å². The van der Waals surface area contributed by atoms with Crippen LogP contribution in [0, 0.1) is 10.1 Å². The van der Waals surface area contributed by atoms with Gasteiger partial charge in [-0.25, -0.2) is 0 Å². The van der Waals surface area contributed by atoms with Crippen LogP contribution < -0.4 is 5.32 Å². The largest absolute Gasteiger partial charge is 0.334 e. The average Bonchev–Trinajstić information content (AvgIpc) is 3.25. The lowest BCUT2D eigenvalue weighted by Crippen LogP contribution is -2.13. The Morgan fingerprint density at radius 2 is 1.62 bits per heavy atom. The fourth-order valence-corrected chi connectivity index (χ4v) is 2.77. The van der Waals surface area contributed by atoms with Crippen LogP contribution in [0.25, 0.3) is 22.8 Å². The molecule has 1 amide bonds. The van der Waals surface area contributed by atoms with Crippen molar-refractivity contribution >= 4 is 17.3 Å². The lowest BCUT2D eigenvalue weighted by molar-refractivity contribution is -0.384. The summed E-state index contributed by atoms with van der Waals surface area (Å²) in [4.78, 5) is 27.4. The zero-order valence-electron chi connectivity index (χ0n) is 15.0. The van der Waals surface area contributed by atoms with Crippen molar-refractivity contribution < 1.29 is 14.2 Å². The monoisotopic (exact) mass is 386 g/mol. The van der Waals surface area contributed by atoms with Gasteiger partial charge in [-0.2, -0.15) is 4.98 Å². The van der Waals surface area contributed by atoms with Gasteiger partial charge in [-0.1, -0.05) is 47.6 Å². The van der Waals surface area contributed by atoms with Crippen molar-refractivity contribution in [3.63, 3.8) is 0 Å². The SMILES string of the molecule is O=C(Nc1ccc([N+](=O)[O-])cc1)c1ccccc1-c1nc(-c2ccccc2)no1. The Hall–Kier alpha value is -4.33. The predicted molar refractivity (Wildman–Crippen MR) is 106 cm³/mol. The maximum atomic E-state index is 12.8. The van der Waals surface area contributed by atoms with Crippen molar-refractivity contribution in [2.24, 2.45) is 0 Å². The second-order valence-electron chi connectivity index (χ2n) is 6.09. The number of nitrogens with one attached hydrogen (secondary N) is 1. The van der Waals surface area contributed by atoms with Gasteiger partial charge in [0, 0.05) is 23.4 Å². The fraction of sp³-hybridized carbons (Fsp3) is 0. The van der Waals surface area contributed by atoms with Crippen molar-refractivity contribution in [3.05, 3.63) is 94.5 Å². The summed E-state index contributed by atoms with van der Waals surface area (Å²) in [5.74, 6) is 0.249. The molecule has 0 bridgehead atoms. The molecule has 8 heteroatoms. The second-order valence-corrected chi connectivity index (χ2v) is 6.09. The van der Waals surface area contributed by atoms with E-state index >= 15 is 0 Å². The van der Waals surface area contributed by atoms with E-state index in [9.17, 15) is 14.9 Å². The van der Waals surface area contributed by atoms with Gasteiger partial charge in [-0.3, -0.25) is 14.9 Å². The third-order valence-electron chi connectivity index (χ3n) is 4.20. The molecule has 1 aromatic heterocycles. The highest BCUT2D eigenvalue weighted by atomic mass is 16.6. The molecule has 29 heavy (non-hydrogen) atoms. The number of hydrogen-bond acceptors (Lipinski definition) is 6.